The highest BCUT2D eigenvalue weighted by molar-refractivity contribution is 5.99. The van der Waals surface area contributed by atoms with Gasteiger partial charge in [0.2, 0.25) is 0 Å². The Labute approximate surface area is 221 Å². The maximum absolute atomic E-state index is 12.7. The van der Waals surface area contributed by atoms with E-state index in [0.29, 0.717) is 30.1 Å². The molecule has 2 aliphatic rings. The number of fused-ring (bicyclic) bond motifs is 1. The van der Waals surface area contributed by atoms with Crippen LogP contribution in [0.5, 0.6) is 0 Å². The van der Waals surface area contributed by atoms with Crippen LogP contribution in [-0.4, -0.2) is 94.7 Å². The number of nitro groups is 1. The molecule has 1 aliphatic heterocycles. The zero-order chi connectivity index (χ0) is 27.6. The third kappa shape index (κ3) is 6.07. The summed E-state index contributed by atoms with van der Waals surface area (Å²) in [5.74, 6) is -0.757. The van der Waals surface area contributed by atoms with Crippen molar-refractivity contribution in [3.8, 4) is 0 Å². The van der Waals surface area contributed by atoms with Crippen molar-refractivity contribution in [3.63, 3.8) is 0 Å². The molecule has 4 rings (SSSR count). The van der Waals surface area contributed by atoms with E-state index in [-0.39, 0.29) is 29.4 Å². The molecule has 1 amide bonds. The monoisotopic (exact) mass is 531 g/mol. The van der Waals surface area contributed by atoms with Crippen LogP contribution in [0.25, 0.3) is 10.9 Å². The summed E-state index contributed by atoms with van der Waals surface area (Å²) in [4.78, 5) is 40.0. The highest BCUT2D eigenvalue weighted by Crippen LogP contribution is 2.34. The lowest BCUT2D eigenvalue weighted by molar-refractivity contribution is -0.385. The number of rotatable bonds is 6. The summed E-state index contributed by atoms with van der Waals surface area (Å²) in [6.07, 6.45) is 5.28. The molecule has 0 unspecified atom stereocenters. The third-order valence-electron chi connectivity index (χ3n) is 7.30. The summed E-state index contributed by atoms with van der Waals surface area (Å²) in [6.45, 7) is 8.15. The largest absolute Gasteiger partial charge is 0.465 e. The maximum atomic E-state index is 12.7. The number of esters is 1. The molecule has 0 radical (unpaired) electrons. The molecule has 1 aliphatic carbocycles. The van der Waals surface area contributed by atoms with Crippen LogP contribution < -0.4 is 0 Å². The summed E-state index contributed by atoms with van der Waals surface area (Å²) in [7, 11) is 2.84. The Morgan fingerprint density at radius 1 is 1.11 bits per heavy atom. The minimum Gasteiger partial charge on any atom is -0.465 e. The number of carbonyl (C=O) groups is 2. The number of ether oxygens (including phenoxy) is 3. The number of hydrogen-bond acceptors (Lipinski definition) is 9. The van der Waals surface area contributed by atoms with Gasteiger partial charge in [0.1, 0.15) is 11.2 Å². The number of hydrogen-bond donors (Lipinski definition) is 0. The number of aromatic nitrogens is 2. The van der Waals surface area contributed by atoms with Crippen LogP contribution in [-0.2, 0) is 14.2 Å². The lowest BCUT2D eigenvalue weighted by atomic mass is 9.89. The second-order valence-electron chi connectivity index (χ2n) is 11.0. The third-order valence-corrected chi connectivity index (χ3v) is 7.30. The van der Waals surface area contributed by atoms with Crippen LogP contribution in [0, 0.1) is 10.1 Å². The fraction of sp³-hybridized carbons (Fsp3) is 0.654. The summed E-state index contributed by atoms with van der Waals surface area (Å²) in [5.41, 5.74) is -0.412. The molecule has 0 N–H and O–H groups in total. The predicted octanol–water partition coefficient (Wildman–Crippen LogP) is 3.78. The van der Waals surface area contributed by atoms with Gasteiger partial charge in [-0.15, -0.1) is 0 Å². The van der Waals surface area contributed by atoms with Crippen LogP contribution in [0.3, 0.4) is 0 Å². The fourth-order valence-electron chi connectivity index (χ4n) is 5.49. The first-order valence-corrected chi connectivity index (χ1v) is 13.0. The van der Waals surface area contributed by atoms with Gasteiger partial charge in [0.25, 0.3) is 5.69 Å². The number of methoxy groups -OCH3 is 2. The van der Waals surface area contributed by atoms with Crippen molar-refractivity contribution in [3.05, 3.63) is 34.0 Å². The Morgan fingerprint density at radius 3 is 2.39 bits per heavy atom. The zero-order valence-corrected chi connectivity index (χ0v) is 22.7. The smallest absolute Gasteiger partial charge is 0.410 e. The number of benzene rings is 1. The van der Waals surface area contributed by atoms with Gasteiger partial charge >= 0.3 is 12.1 Å². The van der Waals surface area contributed by atoms with E-state index in [1.807, 2.05) is 31.6 Å². The van der Waals surface area contributed by atoms with Crippen molar-refractivity contribution in [1.82, 2.24) is 19.6 Å². The fourth-order valence-corrected chi connectivity index (χ4v) is 5.49. The van der Waals surface area contributed by atoms with Crippen LogP contribution in [0.15, 0.2) is 18.3 Å². The number of amides is 1. The van der Waals surface area contributed by atoms with Gasteiger partial charge in [-0.05, 0) is 52.5 Å². The van der Waals surface area contributed by atoms with Gasteiger partial charge < -0.3 is 19.1 Å². The molecule has 1 saturated heterocycles. The standard InChI is InChI=1S/C26H37N5O7/c1-26(2,3)38-25(33)29-11-10-28(15-20(29)16-36-4)18-6-8-19(9-7-18)30-14-17-12-23(31(34)35)21(24(32)37-5)13-22(17)27-30/h12-14,18-20H,6-11,15-16H2,1-5H3/t18?,19?,20-/m0/s1. The average Bonchev–Trinajstić information content (AvgIpc) is 3.30. The first-order valence-electron chi connectivity index (χ1n) is 13.0. The average molecular weight is 532 g/mol. The number of piperazine rings is 1. The van der Waals surface area contributed by atoms with E-state index in [1.165, 1.54) is 19.2 Å². The van der Waals surface area contributed by atoms with E-state index in [0.717, 1.165) is 38.8 Å². The molecular weight excluding hydrogens is 494 g/mol. The van der Waals surface area contributed by atoms with Crippen molar-refractivity contribution in [1.29, 1.82) is 0 Å². The molecule has 12 nitrogen and oxygen atoms in total. The molecule has 2 heterocycles. The van der Waals surface area contributed by atoms with E-state index in [2.05, 4.69) is 10.00 Å². The Balaban J connectivity index is 1.41. The van der Waals surface area contributed by atoms with Crippen molar-refractivity contribution >= 4 is 28.7 Å². The highest BCUT2D eigenvalue weighted by Gasteiger charge is 2.37. The molecule has 208 valence electrons. The molecule has 1 saturated carbocycles. The molecule has 12 heteroatoms. The van der Waals surface area contributed by atoms with Gasteiger partial charge in [0.05, 0.1) is 36.2 Å². The Morgan fingerprint density at radius 2 is 1.79 bits per heavy atom. The number of nitrogens with zero attached hydrogens (tertiary/aromatic N) is 5. The van der Waals surface area contributed by atoms with E-state index < -0.39 is 16.5 Å². The van der Waals surface area contributed by atoms with E-state index in [9.17, 15) is 19.7 Å². The molecular formula is C26H37N5O7. The number of carbonyl (C=O) groups excluding carboxylic acids is 2. The van der Waals surface area contributed by atoms with Gasteiger partial charge in [-0.25, -0.2) is 9.59 Å². The Kier molecular flexibility index (Phi) is 8.22. The molecule has 2 aromatic rings. The summed E-state index contributed by atoms with van der Waals surface area (Å²) in [5, 5.41) is 16.8. The van der Waals surface area contributed by atoms with Crippen LogP contribution >= 0.6 is 0 Å². The highest BCUT2D eigenvalue weighted by atomic mass is 16.6. The quantitative estimate of drug-likeness (QED) is 0.310. The van der Waals surface area contributed by atoms with E-state index in [4.69, 9.17) is 14.2 Å². The summed E-state index contributed by atoms with van der Waals surface area (Å²) in [6, 6.07) is 3.30. The van der Waals surface area contributed by atoms with Crippen LogP contribution in [0.2, 0.25) is 0 Å². The van der Waals surface area contributed by atoms with Gasteiger partial charge in [-0.2, -0.15) is 5.10 Å². The normalized spacial score (nSPS) is 22.9. The van der Waals surface area contributed by atoms with Gasteiger partial charge in [0, 0.05) is 50.4 Å². The lowest BCUT2D eigenvalue weighted by Gasteiger charge is -2.45. The molecule has 1 aromatic carbocycles. The number of nitro benzene ring substituents is 1. The molecule has 1 atom stereocenters. The van der Waals surface area contributed by atoms with Gasteiger partial charge in [-0.1, -0.05) is 0 Å². The minimum atomic E-state index is -0.757. The predicted molar refractivity (Wildman–Crippen MR) is 139 cm³/mol. The first kappa shape index (κ1) is 27.8. The molecule has 38 heavy (non-hydrogen) atoms. The van der Waals surface area contributed by atoms with Crippen molar-refractivity contribution in [2.24, 2.45) is 0 Å². The van der Waals surface area contributed by atoms with Crippen LogP contribution in [0.1, 0.15) is 62.9 Å². The van der Waals surface area contributed by atoms with Crippen molar-refractivity contribution in [2.75, 3.05) is 40.5 Å². The van der Waals surface area contributed by atoms with E-state index in [1.54, 1.807) is 12.0 Å². The van der Waals surface area contributed by atoms with Gasteiger partial charge in [-0.3, -0.25) is 19.7 Å². The Hall–Kier alpha value is -3.25. The minimum absolute atomic E-state index is 0.0717. The van der Waals surface area contributed by atoms with Crippen LogP contribution in [0.4, 0.5) is 10.5 Å². The topological polar surface area (TPSA) is 129 Å². The second kappa shape index (κ2) is 11.2. The molecule has 0 bridgehead atoms. The van der Waals surface area contributed by atoms with Crippen molar-refractivity contribution < 1.29 is 28.7 Å². The summed E-state index contributed by atoms with van der Waals surface area (Å²) >= 11 is 0. The molecule has 2 fully saturated rings. The molecule has 1 aromatic heterocycles. The second-order valence-corrected chi connectivity index (χ2v) is 11.0. The lowest BCUT2D eigenvalue weighted by Crippen LogP contribution is -2.59. The SMILES string of the molecule is COC[C@@H]1CN(C2CCC(n3cc4cc([N+](=O)[O-])c(C(=O)OC)cc4n3)CC2)CCN1C(=O)OC(C)(C)C. The molecule has 0 spiro atoms. The summed E-state index contributed by atoms with van der Waals surface area (Å²) < 4.78 is 17.6. The first-order chi connectivity index (χ1) is 18.0. The van der Waals surface area contributed by atoms with Crippen molar-refractivity contribution in [2.45, 2.75) is 70.2 Å². The zero-order valence-electron chi connectivity index (χ0n) is 22.7. The maximum Gasteiger partial charge on any atom is 0.410 e. The van der Waals surface area contributed by atoms with Gasteiger partial charge in [0.15, 0.2) is 0 Å². The Bertz CT molecular complexity index is 1180. The van der Waals surface area contributed by atoms with E-state index >= 15 is 0 Å².